The molecule has 0 spiro atoms. The van der Waals surface area contributed by atoms with Gasteiger partial charge in [-0.3, -0.25) is 4.40 Å². The Morgan fingerprint density at radius 2 is 2.15 bits per heavy atom. The predicted molar refractivity (Wildman–Crippen MR) is 102 cm³/mol. The van der Waals surface area contributed by atoms with E-state index in [0.717, 1.165) is 54.7 Å². The van der Waals surface area contributed by atoms with Crippen molar-refractivity contribution in [2.45, 2.75) is 62.7 Å². The summed E-state index contributed by atoms with van der Waals surface area (Å²) in [7, 11) is -3.27. The van der Waals surface area contributed by atoms with Gasteiger partial charge in [-0.15, -0.1) is 10.2 Å². The fourth-order valence-electron chi connectivity index (χ4n) is 4.43. The molecule has 2 saturated carbocycles. The first-order chi connectivity index (χ1) is 12.9. The molecule has 2 fully saturated rings. The lowest BCUT2D eigenvalue weighted by atomic mass is 9.93. The highest BCUT2D eigenvalue weighted by Gasteiger charge is 2.51. The lowest BCUT2D eigenvalue weighted by molar-refractivity contribution is 0.449. The first-order valence-electron chi connectivity index (χ1n) is 9.61. The van der Waals surface area contributed by atoms with Gasteiger partial charge in [-0.25, -0.2) is 18.1 Å². The standard InChI is InChI=1S/C18H24N6O2S/c1-3-11-8-12(23-27(25,26)18(2)5-6-18)9-13(11)17-22-21-15-10-20-16-14(24(15)17)4-7-19-16/h4,7,10-13,19,23H,3,5-6,8-9H2,1-2H3/t11-,12+,13+/m1/s1. The monoisotopic (exact) mass is 388 g/mol. The Bertz CT molecular complexity index is 1110. The van der Waals surface area contributed by atoms with Crippen molar-refractivity contribution < 1.29 is 8.42 Å². The molecule has 0 unspecified atom stereocenters. The second kappa shape index (κ2) is 5.75. The topological polar surface area (TPSA) is 105 Å². The van der Waals surface area contributed by atoms with Crippen LogP contribution in [0.15, 0.2) is 18.5 Å². The van der Waals surface area contributed by atoms with Crippen LogP contribution in [0.25, 0.3) is 16.8 Å². The molecule has 27 heavy (non-hydrogen) atoms. The van der Waals surface area contributed by atoms with E-state index in [1.165, 1.54) is 0 Å². The van der Waals surface area contributed by atoms with E-state index in [-0.39, 0.29) is 12.0 Å². The number of aromatic amines is 1. The maximum absolute atomic E-state index is 12.7. The lowest BCUT2D eigenvalue weighted by Gasteiger charge is -2.17. The summed E-state index contributed by atoms with van der Waals surface area (Å²) in [6.07, 6.45) is 7.66. The molecule has 2 N–H and O–H groups in total. The Kier molecular flexibility index (Phi) is 3.64. The summed E-state index contributed by atoms with van der Waals surface area (Å²) < 4.78 is 29.8. The zero-order chi connectivity index (χ0) is 18.8. The van der Waals surface area contributed by atoms with Gasteiger partial charge < -0.3 is 4.98 Å². The molecule has 9 heteroatoms. The Balaban J connectivity index is 1.49. The highest BCUT2D eigenvalue weighted by atomic mass is 32.2. The molecule has 8 nitrogen and oxygen atoms in total. The highest BCUT2D eigenvalue weighted by Crippen LogP contribution is 2.45. The number of H-pyrrole nitrogens is 1. The number of hydrogen-bond acceptors (Lipinski definition) is 5. The molecule has 3 heterocycles. The van der Waals surface area contributed by atoms with Crippen molar-refractivity contribution in [2.75, 3.05) is 0 Å². The first kappa shape index (κ1) is 17.1. The number of rotatable bonds is 5. The van der Waals surface area contributed by atoms with Crippen LogP contribution >= 0.6 is 0 Å². The van der Waals surface area contributed by atoms with Gasteiger partial charge in [0.15, 0.2) is 11.3 Å². The molecular formula is C18H24N6O2S. The number of nitrogens with zero attached hydrogens (tertiary/aromatic N) is 4. The van der Waals surface area contributed by atoms with Crippen LogP contribution in [0.3, 0.4) is 0 Å². The molecular weight excluding hydrogens is 364 g/mol. The van der Waals surface area contributed by atoms with Crippen molar-refractivity contribution in [1.29, 1.82) is 0 Å². The molecule has 0 aliphatic heterocycles. The van der Waals surface area contributed by atoms with Crippen LogP contribution in [0.4, 0.5) is 0 Å². The van der Waals surface area contributed by atoms with Crippen molar-refractivity contribution in [3.05, 3.63) is 24.3 Å². The van der Waals surface area contributed by atoms with E-state index in [2.05, 4.69) is 36.2 Å². The summed E-state index contributed by atoms with van der Waals surface area (Å²) in [5, 5.41) is 8.79. The van der Waals surface area contributed by atoms with E-state index < -0.39 is 14.8 Å². The van der Waals surface area contributed by atoms with Crippen LogP contribution in [0.1, 0.15) is 57.7 Å². The number of hydrogen-bond donors (Lipinski definition) is 2. The van der Waals surface area contributed by atoms with E-state index in [1.54, 1.807) is 6.20 Å². The minimum absolute atomic E-state index is 0.0433. The van der Waals surface area contributed by atoms with E-state index >= 15 is 0 Å². The van der Waals surface area contributed by atoms with E-state index in [9.17, 15) is 8.42 Å². The highest BCUT2D eigenvalue weighted by molar-refractivity contribution is 7.91. The SMILES string of the molecule is CC[C@@H]1C[C@H](NS(=O)(=O)C2(C)CC2)C[C@@H]1c1nnc2cnc3[nH]ccc3n12. The van der Waals surface area contributed by atoms with Gasteiger partial charge in [-0.1, -0.05) is 13.3 Å². The average Bonchev–Trinajstić information content (AvgIpc) is 3.04. The van der Waals surface area contributed by atoms with Crippen LogP contribution in [-0.2, 0) is 10.0 Å². The normalized spacial score (nSPS) is 27.6. The lowest BCUT2D eigenvalue weighted by Crippen LogP contribution is -2.40. The molecule has 144 valence electrons. The summed E-state index contributed by atoms with van der Waals surface area (Å²) in [5.41, 5.74) is 2.48. The summed E-state index contributed by atoms with van der Waals surface area (Å²) >= 11 is 0. The van der Waals surface area contributed by atoms with Crippen molar-refractivity contribution in [2.24, 2.45) is 5.92 Å². The Morgan fingerprint density at radius 1 is 1.33 bits per heavy atom. The zero-order valence-corrected chi connectivity index (χ0v) is 16.3. The second-order valence-corrected chi connectivity index (χ2v) is 10.5. The third-order valence-electron chi connectivity index (χ3n) is 6.44. The van der Waals surface area contributed by atoms with Gasteiger partial charge in [0.1, 0.15) is 5.82 Å². The molecule has 2 aliphatic rings. The fraction of sp³-hybridized carbons (Fsp3) is 0.611. The van der Waals surface area contributed by atoms with Crippen LogP contribution in [-0.4, -0.2) is 43.8 Å². The van der Waals surface area contributed by atoms with Gasteiger partial charge in [0, 0.05) is 18.2 Å². The quantitative estimate of drug-likeness (QED) is 0.698. The molecule has 0 aromatic carbocycles. The maximum atomic E-state index is 12.7. The van der Waals surface area contributed by atoms with Crippen LogP contribution in [0.2, 0.25) is 0 Å². The van der Waals surface area contributed by atoms with Gasteiger partial charge in [-0.2, -0.15) is 0 Å². The molecule has 5 rings (SSSR count). The first-order valence-corrected chi connectivity index (χ1v) is 11.1. The summed E-state index contributed by atoms with van der Waals surface area (Å²) in [6, 6.07) is 1.94. The maximum Gasteiger partial charge on any atom is 0.217 e. The van der Waals surface area contributed by atoms with Crippen molar-refractivity contribution in [3.63, 3.8) is 0 Å². The van der Waals surface area contributed by atoms with E-state index in [1.807, 2.05) is 19.2 Å². The van der Waals surface area contributed by atoms with Gasteiger partial charge in [0.05, 0.1) is 16.5 Å². The molecule has 0 saturated heterocycles. The second-order valence-electron chi connectivity index (χ2n) is 8.24. The van der Waals surface area contributed by atoms with Crippen molar-refractivity contribution >= 4 is 26.8 Å². The molecule has 3 aromatic heterocycles. The van der Waals surface area contributed by atoms with Crippen LogP contribution in [0.5, 0.6) is 0 Å². The summed E-state index contributed by atoms with van der Waals surface area (Å²) in [6.45, 7) is 3.99. The van der Waals surface area contributed by atoms with Gasteiger partial charge in [0.25, 0.3) is 0 Å². The van der Waals surface area contributed by atoms with E-state index in [4.69, 9.17) is 0 Å². The predicted octanol–water partition coefficient (Wildman–Crippen LogP) is 2.35. The summed E-state index contributed by atoms with van der Waals surface area (Å²) in [4.78, 5) is 7.50. The third kappa shape index (κ3) is 2.59. The molecule has 0 bridgehead atoms. The van der Waals surface area contributed by atoms with Gasteiger partial charge in [0.2, 0.25) is 10.0 Å². The molecule has 0 amide bonds. The molecule has 3 atom stereocenters. The van der Waals surface area contributed by atoms with Crippen LogP contribution in [0, 0.1) is 5.92 Å². The van der Waals surface area contributed by atoms with Crippen molar-refractivity contribution in [3.8, 4) is 0 Å². The average molecular weight is 388 g/mol. The Labute approximate surface area is 157 Å². The number of sulfonamides is 1. The molecule has 3 aromatic rings. The van der Waals surface area contributed by atoms with E-state index in [0.29, 0.717) is 5.92 Å². The minimum atomic E-state index is -3.27. The summed E-state index contributed by atoms with van der Waals surface area (Å²) in [5.74, 6) is 1.45. The molecule has 2 aliphatic carbocycles. The number of nitrogens with one attached hydrogen (secondary N) is 2. The zero-order valence-electron chi connectivity index (χ0n) is 15.5. The largest absolute Gasteiger partial charge is 0.345 e. The fourth-order valence-corrected chi connectivity index (χ4v) is 5.99. The Morgan fingerprint density at radius 3 is 2.89 bits per heavy atom. The number of aromatic nitrogens is 5. The van der Waals surface area contributed by atoms with Crippen LogP contribution < -0.4 is 4.72 Å². The number of fused-ring (bicyclic) bond motifs is 3. The van der Waals surface area contributed by atoms with Gasteiger partial charge >= 0.3 is 0 Å². The third-order valence-corrected chi connectivity index (χ3v) is 8.79. The van der Waals surface area contributed by atoms with Gasteiger partial charge in [-0.05, 0) is 44.6 Å². The van der Waals surface area contributed by atoms with Crippen molar-refractivity contribution in [1.82, 2.24) is 29.3 Å². The Hall–Kier alpha value is -2.00. The minimum Gasteiger partial charge on any atom is -0.345 e. The smallest absolute Gasteiger partial charge is 0.217 e. The molecule has 0 radical (unpaired) electrons.